The molecule has 0 aliphatic carbocycles. The Labute approximate surface area is 169 Å². The Kier molecular flexibility index (Phi) is 9.27. The van der Waals surface area contributed by atoms with Gasteiger partial charge in [0.25, 0.3) is 0 Å². The molecule has 0 aromatic rings. The van der Waals surface area contributed by atoms with Crippen molar-refractivity contribution in [3.05, 3.63) is 0 Å². The topological polar surface area (TPSA) is 95.7 Å². The van der Waals surface area contributed by atoms with Crippen LogP contribution in [0.25, 0.3) is 0 Å². The van der Waals surface area contributed by atoms with E-state index in [2.05, 4.69) is 20.1 Å². The van der Waals surface area contributed by atoms with Gasteiger partial charge in [-0.25, -0.2) is 4.79 Å². The van der Waals surface area contributed by atoms with E-state index in [9.17, 15) is 4.79 Å². The summed E-state index contributed by atoms with van der Waals surface area (Å²) in [4.78, 5) is 23.0. The van der Waals surface area contributed by atoms with Crippen LogP contribution in [0.3, 0.4) is 0 Å². The van der Waals surface area contributed by atoms with Gasteiger partial charge < -0.3 is 25.4 Å². The quantitative estimate of drug-likeness (QED) is 0.358. The fraction of sp³-hybridized carbons (Fsp3) is 0.895. The van der Waals surface area contributed by atoms with Crippen LogP contribution in [0.5, 0.6) is 0 Å². The van der Waals surface area contributed by atoms with Crippen molar-refractivity contribution in [1.82, 2.24) is 20.0 Å². The molecule has 0 radical (unpaired) electrons. The van der Waals surface area contributed by atoms with Gasteiger partial charge in [-0.3, -0.25) is 14.8 Å². The number of aliphatic imine (C=N–C) groups is 1. The minimum atomic E-state index is -0.447. The van der Waals surface area contributed by atoms with Crippen LogP contribution in [0.4, 0.5) is 4.79 Å². The summed E-state index contributed by atoms with van der Waals surface area (Å²) in [7, 11) is 0. The third-order valence-electron chi connectivity index (χ3n) is 4.78. The van der Waals surface area contributed by atoms with Gasteiger partial charge in [0.05, 0.1) is 13.2 Å². The van der Waals surface area contributed by atoms with E-state index in [1.807, 2.05) is 20.8 Å². The molecule has 0 unspecified atom stereocenters. The zero-order valence-corrected chi connectivity index (χ0v) is 17.8. The Hall–Kier alpha value is -1.58. The number of carbonyl (C=O) groups excluding carboxylic acids is 1. The smallest absolute Gasteiger partial charge is 0.410 e. The number of rotatable bonds is 7. The van der Waals surface area contributed by atoms with Gasteiger partial charge >= 0.3 is 6.09 Å². The molecular weight excluding hydrogens is 360 g/mol. The molecule has 0 aromatic heterocycles. The molecule has 2 rings (SSSR count). The summed E-state index contributed by atoms with van der Waals surface area (Å²) in [6, 6.07) is 0. The van der Waals surface area contributed by atoms with E-state index in [0.717, 1.165) is 72.0 Å². The highest BCUT2D eigenvalue weighted by Gasteiger charge is 2.25. The van der Waals surface area contributed by atoms with Crippen molar-refractivity contribution in [2.45, 2.75) is 32.8 Å². The highest BCUT2D eigenvalue weighted by molar-refractivity contribution is 5.77. The first-order chi connectivity index (χ1) is 13.3. The predicted octanol–water partition coefficient (Wildman–Crippen LogP) is 0.166. The van der Waals surface area contributed by atoms with E-state index in [1.165, 1.54) is 0 Å². The van der Waals surface area contributed by atoms with Crippen LogP contribution in [-0.4, -0.2) is 111 Å². The van der Waals surface area contributed by atoms with Crippen LogP contribution < -0.4 is 11.1 Å². The van der Waals surface area contributed by atoms with Gasteiger partial charge in [-0.05, 0) is 27.2 Å². The van der Waals surface area contributed by atoms with Crippen molar-refractivity contribution >= 4 is 12.1 Å². The Morgan fingerprint density at radius 1 is 1.07 bits per heavy atom. The molecule has 2 aliphatic heterocycles. The maximum absolute atomic E-state index is 12.1. The number of nitrogens with two attached hydrogens (primary N) is 1. The zero-order chi connectivity index (χ0) is 20.4. The molecule has 2 saturated heterocycles. The van der Waals surface area contributed by atoms with Gasteiger partial charge in [0.1, 0.15) is 5.60 Å². The molecule has 162 valence electrons. The molecule has 2 aliphatic rings. The van der Waals surface area contributed by atoms with Crippen molar-refractivity contribution in [1.29, 1.82) is 0 Å². The molecule has 0 aromatic carbocycles. The lowest BCUT2D eigenvalue weighted by Gasteiger charge is -2.35. The van der Waals surface area contributed by atoms with Crippen molar-refractivity contribution in [2.24, 2.45) is 10.7 Å². The lowest BCUT2D eigenvalue weighted by molar-refractivity contribution is 0.0147. The Balaban J connectivity index is 1.52. The number of hydrogen-bond donors (Lipinski definition) is 2. The fourth-order valence-electron chi connectivity index (χ4n) is 3.20. The van der Waals surface area contributed by atoms with Gasteiger partial charge in [0.2, 0.25) is 0 Å². The maximum Gasteiger partial charge on any atom is 0.410 e. The lowest BCUT2D eigenvalue weighted by atomic mass is 10.2. The fourth-order valence-corrected chi connectivity index (χ4v) is 3.20. The predicted molar refractivity (Wildman–Crippen MR) is 111 cm³/mol. The van der Waals surface area contributed by atoms with E-state index in [4.69, 9.17) is 15.2 Å². The standard InChI is InChI=1S/C19H38N6O3/c1-19(2,3)28-18(26)25-11-9-24(10-12-25)8-6-22-17(20)21-5-4-7-23-13-15-27-16-14-23/h4-16H2,1-3H3,(H3,20,21,22). The molecule has 0 spiro atoms. The normalized spacial score (nSPS) is 20.2. The summed E-state index contributed by atoms with van der Waals surface area (Å²) in [5.74, 6) is 0.509. The summed E-state index contributed by atoms with van der Waals surface area (Å²) in [6.07, 6.45) is 0.786. The number of piperazine rings is 1. The summed E-state index contributed by atoms with van der Waals surface area (Å²) in [5, 5.41) is 3.18. The highest BCUT2D eigenvalue weighted by atomic mass is 16.6. The van der Waals surface area contributed by atoms with Crippen LogP contribution in [-0.2, 0) is 9.47 Å². The maximum atomic E-state index is 12.1. The molecule has 0 bridgehead atoms. The first kappa shape index (κ1) is 22.7. The molecule has 0 atom stereocenters. The summed E-state index contributed by atoms with van der Waals surface area (Å²) >= 11 is 0. The van der Waals surface area contributed by atoms with Crippen LogP contribution in [0.1, 0.15) is 27.2 Å². The zero-order valence-electron chi connectivity index (χ0n) is 17.8. The second-order valence-corrected chi connectivity index (χ2v) is 8.31. The summed E-state index contributed by atoms with van der Waals surface area (Å²) in [6.45, 7) is 15.9. The minimum Gasteiger partial charge on any atom is -0.444 e. The van der Waals surface area contributed by atoms with E-state index < -0.39 is 5.60 Å². The largest absolute Gasteiger partial charge is 0.444 e. The molecule has 9 nitrogen and oxygen atoms in total. The second kappa shape index (κ2) is 11.4. The average molecular weight is 399 g/mol. The Morgan fingerprint density at radius 3 is 2.36 bits per heavy atom. The molecule has 1 amide bonds. The SMILES string of the molecule is CC(C)(C)OC(=O)N1CCN(CCNC(N)=NCCCN2CCOCC2)CC1. The molecule has 2 fully saturated rings. The van der Waals surface area contributed by atoms with Crippen LogP contribution in [0.2, 0.25) is 0 Å². The number of ether oxygens (including phenoxy) is 2. The third-order valence-corrected chi connectivity index (χ3v) is 4.78. The average Bonchev–Trinajstić information content (AvgIpc) is 2.65. The van der Waals surface area contributed by atoms with E-state index in [-0.39, 0.29) is 6.09 Å². The number of amides is 1. The van der Waals surface area contributed by atoms with Gasteiger partial charge in [0.15, 0.2) is 5.96 Å². The van der Waals surface area contributed by atoms with Crippen molar-refractivity contribution in [3.8, 4) is 0 Å². The first-order valence-electron chi connectivity index (χ1n) is 10.4. The molecule has 9 heteroatoms. The van der Waals surface area contributed by atoms with Gasteiger partial charge in [0, 0.05) is 65.4 Å². The molecular formula is C19H38N6O3. The van der Waals surface area contributed by atoms with Crippen molar-refractivity contribution < 1.29 is 14.3 Å². The number of carbonyl (C=O) groups is 1. The first-order valence-corrected chi connectivity index (χ1v) is 10.4. The number of hydrogen-bond acceptors (Lipinski definition) is 6. The minimum absolute atomic E-state index is 0.223. The van der Waals surface area contributed by atoms with Crippen molar-refractivity contribution in [3.63, 3.8) is 0 Å². The summed E-state index contributed by atoms with van der Waals surface area (Å²) < 4.78 is 10.8. The molecule has 0 saturated carbocycles. The number of nitrogens with one attached hydrogen (secondary N) is 1. The summed E-state index contributed by atoms with van der Waals surface area (Å²) in [5.41, 5.74) is 5.50. The van der Waals surface area contributed by atoms with Crippen molar-refractivity contribution in [2.75, 3.05) is 78.7 Å². The molecule has 2 heterocycles. The Morgan fingerprint density at radius 2 is 1.71 bits per heavy atom. The second-order valence-electron chi connectivity index (χ2n) is 8.31. The number of guanidine groups is 1. The Bertz CT molecular complexity index is 494. The van der Waals surface area contributed by atoms with Crippen LogP contribution >= 0.6 is 0 Å². The lowest BCUT2D eigenvalue weighted by Crippen LogP contribution is -2.51. The third kappa shape index (κ3) is 9.07. The number of morpholine rings is 1. The monoisotopic (exact) mass is 398 g/mol. The van der Waals surface area contributed by atoms with Gasteiger partial charge in [-0.1, -0.05) is 0 Å². The van der Waals surface area contributed by atoms with Crippen LogP contribution in [0, 0.1) is 0 Å². The molecule has 28 heavy (non-hydrogen) atoms. The number of nitrogens with zero attached hydrogens (tertiary/aromatic N) is 4. The van der Waals surface area contributed by atoms with E-state index in [1.54, 1.807) is 4.90 Å². The highest BCUT2D eigenvalue weighted by Crippen LogP contribution is 2.11. The van der Waals surface area contributed by atoms with Gasteiger partial charge in [-0.15, -0.1) is 0 Å². The van der Waals surface area contributed by atoms with Crippen LogP contribution in [0.15, 0.2) is 4.99 Å². The van der Waals surface area contributed by atoms with Gasteiger partial charge in [-0.2, -0.15) is 0 Å². The van der Waals surface area contributed by atoms with E-state index >= 15 is 0 Å². The van der Waals surface area contributed by atoms with E-state index in [0.29, 0.717) is 19.0 Å². The molecule has 3 N–H and O–H groups in total.